The summed E-state index contributed by atoms with van der Waals surface area (Å²) in [6.45, 7) is 0. The highest BCUT2D eigenvalue weighted by molar-refractivity contribution is 6.12. The number of hydrogen-bond donors (Lipinski definition) is 0. The van der Waals surface area contributed by atoms with Crippen molar-refractivity contribution in [3.63, 3.8) is 0 Å². The molecule has 4 nitrogen and oxygen atoms in total. The Balaban J connectivity index is 1.05. The van der Waals surface area contributed by atoms with Crippen LogP contribution < -0.4 is 0 Å². The number of benzene rings is 8. The number of hydrogen-bond acceptors (Lipinski definition) is 2. The summed E-state index contributed by atoms with van der Waals surface area (Å²) in [5.41, 5.74) is 16.9. The second kappa shape index (κ2) is 13.8. The van der Waals surface area contributed by atoms with Crippen LogP contribution >= 0.6 is 0 Å². The van der Waals surface area contributed by atoms with Gasteiger partial charge in [0.1, 0.15) is 0 Å². The molecule has 0 N–H and O–H groups in total. The third kappa shape index (κ3) is 5.53. The van der Waals surface area contributed by atoms with Crippen molar-refractivity contribution < 1.29 is 0 Å². The maximum atomic E-state index is 5.41. The number of pyridine rings is 2. The average molecular weight is 765 g/mol. The smallest absolute Gasteiger partial charge is 0.0716 e. The van der Waals surface area contributed by atoms with E-state index in [9.17, 15) is 0 Å². The predicted molar refractivity (Wildman–Crippen MR) is 250 cm³/mol. The van der Waals surface area contributed by atoms with Gasteiger partial charge in [0.2, 0.25) is 0 Å². The fraction of sp³-hybridized carbons (Fsp3) is 0. The third-order valence-corrected chi connectivity index (χ3v) is 12.0. The van der Waals surface area contributed by atoms with Gasteiger partial charge in [-0.2, -0.15) is 0 Å². The fourth-order valence-corrected chi connectivity index (χ4v) is 9.20. The highest BCUT2D eigenvalue weighted by atomic mass is 15.0. The van der Waals surface area contributed by atoms with E-state index in [-0.39, 0.29) is 0 Å². The molecule has 0 fully saturated rings. The van der Waals surface area contributed by atoms with Gasteiger partial charge in [0.15, 0.2) is 0 Å². The van der Waals surface area contributed by atoms with Gasteiger partial charge in [-0.05, 0) is 130 Å². The number of aromatic nitrogens is 4. The molecule has 8 aromatic carbocycles. The van der Waals surface area contributed by atoms with Crippen molar-refractivity contribution in [2.75, 3.05) is 0 Å². The summed E-state index contributed by atoms with van der Waals surface area (Å²) < 4.78 is 4.72. The molecular weight excluding hydrogens is 729 g/mol. The van der Waals surface area contributed by atoms with Crippen molar-refractivity contribution in [3.05, 3.63) is 219 Å². The first-order chi connectivity index (χ1) is 29.7. The van der Waals surface area contributed by atoms with Crippen LogP contribution in [0.15, 0.2) is 219 Å². The SMILES string of the molecule is c1ccc(-n2c3ccccc3c3cc(-c4ccc5nc(-c6ccc7c(c6)c6ccccc6n7-c6ccccc6)cc(-c6cccc(-c7ccncc7)c6)c5c4)ccc32)cc1. The summed E-state index contributed by atoms with van der Waals surface area (Å²) in [7, 11) is 0. The molecule has 0 saturated heterocycles. The van der Waals surface area contributed by atoms with Crippen LogP contribution in [0.2, 0.25) is 0 Å². The van der Waals surface area contributed by atoms with Gasteiger partial charge in [0.05, 0.1) is 33.3 Å². The molecule has 4 aromatic heterocycles. The van der Waals surface area contributed by atoms with E-state index in [2.05, 4.69) is 220 Å². The number of fused-ring (bicyclic) bond motifs is 7. The first kappa shape index (κ1) is 34.0. The Bertz CT molecular complexity index is 3580. The Morgan fingerprint density at radius 1 is 0.300 bits per heavy atom. The minimum atomic E-state index is 0.938. The van der Waals surface area contributed by atoms with Gasteiger partial charge in [0.25, 0.3) is 0 Å². The number of nitrogens with zero attached hydrogens (tertiary/aromatic N) is 4. The van der Waals surface area contributed by atoms with Gasteiger partial charge < -0.3 is 9.13 Å². The molecule has 0 aliphatic heterocycles. The highest BCUT2D eigenvalue weighted by Crippen LogP contribution is 2.40. The van der Waals surface area contributed by atoms with E-state index >= 15 is 0 Å². The molecule has 4 heteroatoms. The normalized spacial score (nSPS) is 11.7. The van der Waals surface area contributed by atoms with Crippen molar-refractivity contribution in [1.82, 2.24) is 19.1 Å². The molecule has 0 spiro atoms. The number of para-hydroxylation sites is 4. The van der Waals surface area contributed by atoms with E-state index in [0.717, 1.165) is 61.4 Å². The average Bonchev–Trinajstić information content (AvgIpc) is 3.84. The standard InChI is InChI=1S/C56H36N4/c1-3-14-43(15-4-1)59-53-20-9-7-18-45(53)49-34-40(23-26-55(49)59)39-22-25-51-48(33-39)47(41-13-11-12-38(32-41)37-28-30-57-31-29-37)36-52(58-51)42-24-27-56-50(35-42)46-19-8-10-21-54(46)60(56)44-16-5-2-6-17-44/h1-36H. The molecule has 12 rings (SSSR count). The number of rotatable bonds is 6. The van der Waals surface area contributed by atoms with Gasteiger partial charge >= 0.3 is 0 Å². The van der Waals surface area contributed by atoms with Crippen molar-refractivity contribution in [3.8, 4) is 56.0 Å². The molecule has 0 saturated carbocycles. The van der Waals surface area contributed by atoms with E-state index in [1.807, 2.05) is 12.4 Å². The van der Waals surface area contributed by atoms with Crippen LogP contribution in [0.5, 0.6) is 0 Å². The minimum absolute atomic E-state index is 0.938. The summed E-state index contributed by atoms with van der Waals surface area (Å²) >= 11 is 0. The minimum Gasteiger partial charge on any atom is -0.309 e. The summed E-state index contributed by atoms with van der Waals surface area (Å²) in [4.78, 5) is 9.68. The zero-order chi connectivity index (χ0) is 39.6. The topological polar surface area (TPSA) is 35.6 Å². The van der Waals surface area contributed by atoms with Gasteiger partial charge in [-0.15, -0.1) is 0 Å². The molecule has 0 aliphatic carbocycles. The molecule has 280 valence electrons. The lowest BCUT2D eigenvalue weighted by Crippen LogP contribution is -1.94. The Labute approximate surface area is 346 Å². The second-order valence-corrected chi connectivity index (χ2v) is 15.4. The van der Waals surface area contributed by atoms with E-state index in [4.69, 9.17) is 4.98 Å². The van der Waals surface area contributed by atoms with Crippen LogP contribution in [0.25, 0.3) is 111 Å². The van der Waals surface area contributed by atoms with E-state index < -0.39 is 0 Å². The molecule has 60 heavy (non-hydrogen) atoms. The summed E-state index contributed by atoms with van der Waals surface area (Å²) in [6.07, 6.45) is 3.71. The molecular formula is C56H36N4. The lowest BCUT2D eigenvalue weighted by molar-refractivity contribution is 1.18. The maximum absolute atomic E-state index is 5.41. The van der Waals surface area contributed by atoms with Crippen LogP contribution in [0, 0.1) is 0 Å². The zero-order valence-corrected chi connectivity index (χ0v) is 32.6. The first-order valence-corrected chi connectivity index (χ1v) is 20.4. The maximum Gasteiger partial charge on any atom is 0.0716 e. The molecule has 0 radical (unpaired) electrons. The Morgan fingerprint density at radius 3 is 1.45 bits per heavy atom. The highest BCUT2D eigenvalue weighted by Gasteiger charge is 2.18. The summed E-state index contributed by atoms with van der Waals surface area (Å²) in [5, 5.41) is 6.00. The van der Waals surface area contributed by atoms with Crippen LogP contribution in [0.3, 0.4) is 0 Å². The zero-order valence-electron chi connectivity index (χ0n) is 32.6. The van der Waals surface area contributed by atoms with Crippen LogP contribution in [-0.2, 0) is 0 Å². The van der Waals surface area contributed by atoms with E-state index in [1.165, 1.54) is 49.2 Å². The lowest BCUT2D eigenvalue weighted by Gasteiger charge is -2.14. The third-order valence-electron chi connectivity index (χ3n) is 12.0. The van der Waals surface area contributed by atoms with Gasteiger partial charge in [-0.1, -0.05) is 109 Å². The summed E-state index contributed by atoms with van der Waals surface area (Å²) in [6, 6.07) is 74.3. The van der Waals surface area contributed by atoms with Crippen molar-refractivity contribution in [2.24, 2.45) is 0 Å². The van der Waals surface area contributed by atoms with Gasteiger partial charge in [-0.3, -0.25) is 4.98 Å². The largest absolute Gasteiger partial charge is 0.309 e. The Kier molecular flexibility index (Phi) is 7.82. The monoisotopic (exact) mass is 764 g/mol. The molecule has 0 unspecified atom stereocenters. The van der Waals surface area contributed by atoms with E-state index in [1.54, 1.807) is 0 Å². The molecule has 0 aliphatic rings. The Hall–Kier alpha value is -8.08. The summed E-state index contributed by atoms with van der Waals surface area (Å²) in [5.74, 6) is 0. The molecule has 0 atom stereocenters. The Morgan fingerprint density at radius 2 is 0.800 bits per heavy atom. The van der Waals surface area contributed by atoms with Gasteiger partial charge in [-0.25, -0.2) is 4.98 Å². The predicted octanol–water partition coefficient (Wildman–Crippen LogP) is 14.5. The van der Waals surface area contributed by atoms with Crippen molar-refractivity contribution in [2.45, 2.75) is 0 Å². The van der Waals surface area contributed by atoms with Crippen LogP contribution in [-0.4, -0.2) is 19.1 Å². The molecule has 4 heterocycles. The van der Waals surface area contributed by atoms with Crippen LogP contribution in [0.1, 0.15) is 0 Å². The van der Waals surface area contributed by atoms with Crippen molar-refractivity contribution in [1.29, 1.82) is 0 Å². The second-order valence-electron chi connectivity index (χ2n) is 15.4. The molecule has 0 amide bonds. The first-order valence-electron chi connectivity index (χ1n) is 20.4. The molecule has 0 bridgehead atoms. The van der Waals surface area contributed by atoms with Crippen molar-refractivity contribution >= 4 is 54.5 Å². The molecule has 12 aromatic rings. The lowest BCUT2D eigenvalue weighted by atomic mass is 9.93. The van der Waals surface area contributed by atoms with Gasteiger partial charge in [0, 0.05) is 56.3 Å². The van der Waals surface area contributed by atoms with Crippen LogP contribution in [0.4, 0.5) is 0 Å². The quantitative estimate of drug-likeness (QED) is 0.169. The fourth-order valence-electron chi connectivity index (χ4n) is 9.20. The van der Waals surface area contributed by atoms with E-state index in [0.29, 0.717) is 0 Å².